The van der Waals surface area contributed by atoms with Gasteiger partial charge in [-0.1, -0.05) is 18.2 Å². The maximum atomic E-state index is 12.6. The Balaban J connectivity index is 1.71. The van der Waals surface area contributed by atoms with Crippen LogP contribution in [0.5, 0.6) is 0 Å². The highest BCUT2D eigenvalue weighted by atomic mass is 16.5. The van der Waals surface area contributed by atoms with Crippen LogP contribution >= 0.6 is 0 Å². The van der Waals surface area contributed by atoms with Crippen molar-refractivity contribution >= 4 is 11.6 Å². The van der Waals surface area contributed by atoms with Gasteiger partial charge in [0.25, 0.3) is 0 Å². The highest BCUT2D eigenvalue weighted by molar-refractivity contribution is 5.82. The van der Waals surface area contributed by atoms with E-state index in [1.807, 2.05) is 32.0 Å². The van der Waals surface area contributed by atoms with Crippen LogP contribution in [0.3, 0.4) is 0 Å². The number of anilines is 1. The molecule has 3 rings (SSSR count). The number of carbonyl (C=O) groups excluding carboxylic acids is 1. The van der Waals surface area contributed by atoms with E-state index in [4.69, 9.17) is 4.74 Å². The molecule has 1 aliphatic rings. The number of hydrogen-bond acceptors (Lipinski definition) is 5. The molecule has 0 aliphatic carbocycles. The first-order chi connectivity index (χ1) is 12.1. The van der Waals surface area contributed by atoms with Crippen molar-refractivity contribution in [1.29, 1.82) is 0 Å². The summed E-state index contributed by atoms with van der Waals surface area (Å²) < 4.78 is 5.47. The predicted octanol–water partition coefficient (Wildman–Crippen LogP) is 2.33. The molecule has 1 amide bonds. The van der Waals surface area contributed by atoms with Crippen LogP contribution in [-0.2, 0) is 15.1 Å². The van der Waals surface area contributed by atoms with Crippen molar-refractivity contribution in [3.05, 3.63) is 53.6 Å². The van der Waals surface area contributed by atoms with Gasteiger partial charge in [-0.25, -0.2) is 9.97 Å². The number of aryl methyl sites for hydroxylation is 2. The molecule has 1 saturated heterocycles. The summed E-state index contributed by atoms with van der Waals surface area (Å²) in [5.41, 5.74) is 2.70. The Morgan fingerprint density at radius 1 is 1.12 bits per heavy atom. The second-order valence-electron chi connectivity index (χ2n) is 6.44. The molecule has 0 atom stereocenters. The van der Waals surface area contributed by atoms with E-state index in [9.17, 15) is 4.79 Å². The van der Waals surface area contributed by atoms with Gasteiger partial charge in [-0.15, -0.1) is 0 Å². The van der Waals surface area contributed by atoms with E-state index >= 15 is 0 Å². The SMILES string of the molecule is Cc1cccc(C)c1NCC(=O)NC1(c2ncccn2)CCOCC1. The van der Waals surface area contributed by atoms with E-state index in [-0.39, 0.29) is 12.5 Å². The largest absolute Gasteiger partial charge is 0.381 e. The van der Waals surface area contributed by atoms with Gasteiger partial charge in [0.1, 0.15) is 5.54 Å². The van der Waals surface area contributed by atoms with Crippen molar-refractivity contribution < 1.29 is 9.53 Å². The number of para-hydroxylation sites is 1. The third-order valence-electron chi connectivity index (χ3n) is 4.63. The first kappa shape index (κ1) is 17.4. The molecule has 1 aromatic carbocycles. The standard InChI is InChI=1S/C19H24N4O2/c1-14-5-3-6-15(2)17(14)22-13-16(24)23-19(7-11-25-12-8-19)18-20-9-4-10-21-18/h3-6,9-10,22H,7-8,11-13H2,1-2H3,(H,23,24). The van der Waals surface area contributed by atoms with E-state index in [0.717, 1.165) is 16.8 Å². The first-order valence-electron chi connectivity index (χ1n) is 8.57. The van der Waals surface area contributed by atoms with E-state index < -0.39 is 5.54 Å². The maximum absolute atomic E-state index is 12.6. The number of rotatable bonds is 5. The molecule has 1 fully saturated rings. The van der Waals surface area contributed by atoms with Gasteiger partial charge in [-0.2, -0.15) is 0 Å². The molecule has 6 heteroatoms. The van der Waals surface area contributed by atoms with Crippen LogP contribution < -0.4 is 10.6 Å². The summed E-state index contributed by atoms with van der Waals surface area (Å²) in [6.45, 7) is 5.45. The lowest BCUT2D eigenvalue weighted by Gasteiger charge is -2.36. The summed E-state index contributed by atoms with van der Waals surface area (Å²) in [5, 5.41) is 6.41. The lowest BCUT2D eigenvalue weighted by Crippen LogP contribution is -2.52. The fourth-order valence-corrected chi connectivity index (χ4v) is 3.24. The van der Waals surface area contributed by atoms with Gasteiger partial charge >= 0.3 is 0 Å². The minimum Gasteiger partial charge on any atom is -0.381 e. The number of nitrogens with zero attached hydrogens (tertiary/aromatic N) is 2. The highest BCUT2D eigenvalue weighted by Gasteiger charge is 2.38. The molecule has 0 unspecified atom stereocenters. The van der Waals surface area contributed by atoms with E-state index in [2.05, 4.69) is 20.6 Å². The maximum Gasteiger partial charge on any atom is 0.240 e. The van der Waals surface area contributed by atoms with E-state index in [0.29, 0.717) is 31.9 Å². The first-order valence-corrected chi connectivity index (χ1v) is 8.57. The lowest BCUT2D eigenvalue weighted by molar-refractivity contribution is -0.123. The van der Waals surface area contributed by atoms with Crippen LogP contribution in [0.2, 0.25) is 0 Å². The molecule has 1 aliphatic heterocycles. The number of ether oxygens (including phenoxy) is 1. The van der Waals surface area contributed by atoms with Crippen LogP contribution in [-0.4, -0.2) is 35.6 Å². The summed E-state index contributed by atoms with van der Waals surface area (Å²) in [5.74, 6) is 0.579. The number of nitrogens with one attached hydrogen (secondary N) is 2. The number of hydrogen-bond donors (Lipinski definition) is 2. The number of benzene rings is 1. The van der Waals surface area contributed by atoms with Gasteiger partial charge in [0, 0.05) is 44.1 Å². The van der Waals surface area contributed by atoms with Crippen LogP contribution in [0.4, 0.5) is 5.69 Å². The van der Waals surface area contributed by atoms with Crippen LogP contribution in [0.15, 0.2) is 36.7 Å². The Kier molecular flexibility index (Phi) is 5.28. The molecule has 25 heavy (non-hydrogen) atoms. The van der Waals surface area contributed by atoms with Crippen LogP contribution in [0.25, 0.3) is 0 Å². The van der Waals surface area contributed by atoms with Crippen molar-refractivity contribution in [3.8, 4) is 0 Å². The van der Waals surface area contributed by atoms with Gasteiger partial charge in [0.2, 0.25) is 5.91 Å². The number of amides is 1. The quantitative estimate of drug-likeness (QED) is 0.874. The molecule has 1 aromatic heterocycles. The molecule has 0 spiro atoms. The summed E-state index contributed by atoms with van der Waals surface area (Å²) in [7, 11) is 0. The minimum absolute atomic E-state index is 0.0722. The molecule has 132 valence electrons. The lowest BCUT2D eigenvalue weighted by atomic mass is 9.88. The van der Waals surface area contributed by atoms with Crippen molar-refractivity contribution in [1.82, 2.24) is 15.3 Å². The summed E-state index contributed by atoms with van der Waals surface area (Å²) in [6, 6.07) is 7.86. The third kappa shape index (κ3) is 3.96. The normalized spacial score (nSPS) is 16.2. The van der Waals surface area contributed by atoms with Gasteiger partial charge in [-0.05, 0) is 31.0 Å². The Morgan fingerprint density at radius 2 is 1.76 bits per heavy atom. The van der Waals surface area contributed by atoms with Crippen molar-refractivity contribution in [3.63, 3.8) is 0 Å². The molecule has 0 radical (unpaired) electrons. The second-order valence-corrected chi connectivity index (χ2v) is 6.44. The second kappa shape index (κ2) is 7.61. The number of aromatic nitrogens is 2. The van der Waals surface area contributed by atoms with Crippen molar-refractivity contribution in [2.24, 2.45) is 0 Å². The van der Waals surface area contributed by atoms with Crippen LogP contribution in [0, 0.1) is 13.8 Å². The number of carbonyl (C=O) groups is 1. The molecule has 0 saturated carbocycles. The van der Waals surface area contributed by atoms with E-state index in [1.165, 1.54) is 0 Å². The molecule has 2 aromatic rings. The third-order valence-corrected chi connectivity index (χ3v) is 4.63. The summed E-state index contributed by atoms with van der Waals surface area (Å²) in [4.78, 5) is 21.4. The van der Waals surface area contributed by atoms with Crippen molar-refractivity contribution in [2.75, 3.05) is 25.1 Å². The molecule has 2 heterocycles. The average molecular weight is 340 g/mol. The zero-order valence-electron chi connectivity index (χ0n) is 14.7. The Hall–Kier alpha value is -2.47. The summed E-state index contributed by atoms with van der Waals surface area (Å²) in [6.07, 6.45) is 4.76. The highest BCUT2D eigenvalue weighted by Crippen LogP contribution is 2.29. The molecule has 6 nitrogen and oxygen atoms in total. The molecular formula is C19H24N4O2. The fraction of sp³-hybridized carbons (Fsp3) is 0.421. The van der Waals surface area contributed by atoms with Crippen LogP contribution in [0.1, 0.15) is 29.8 Å². The molecule has 2 N–H and O–H groups in total. The molecular weight excluding hydrogens is 316 g/mol. The topological polar surface area (TPSA) is 76.1 Å². The zero-order valence-corrected chi connectivity index (χ0v) is 14.7. The minimum atomic E-state index is -0.556. The average Bonchev–Trinajstić information content (AvgIpc) is 2.63. The van der Waals surface area contributed by atoms with Gasteiger partial charge in [0.15, 0.2) is 5.82 Å². The molecule has 0 bridgehead atoms. The monoisotopic (exact) mass is 340 g/mol. The summed E-state index contributed by atoms with van der Waals surface area (Å²) >= 11 is 0. The van der Waals surface area contributed by atoms with Crippen molar-refractivity contribution in [2.45, 2.75) is 32.2 Å². The van der Waals surface area contributed by atoms with Gasteiger partial charge in [-0.3, -0.25) is 4.79 Å². The van der Waals surface area contributed by atoms with Gasteiger partial charge in [0.05, 0.1) is 6.54 Å². The van der Waals surface area contributed by atoms with E-state index in [1.54, 1.807) is 18.5 Å². The zero-order chi connectivity index (χ0) is 17.7. The predicted molar refractivity (Wildman–Crippen MR) is 96.3 cm³/mol. The fourth-order valence-electron chi connectivity index (χ4n) is 3.24. The Bertz CT molecular complexity index is 707. The Labute approximate surface area is 148 Å². The Morgan fingerprint density at radius 3 is 2.40 bits per heavy atom. The van der Waals surface area contributed by atoms with Gasteiger partial charge < -0.3 is 15.4 Å². The smallest absolute Gasteiger partial charge is 0.240 e.